The second-order valence-electron chi connectivity index (χ2n) is 20.3. The molecule has 394 valence electrons. The van der Waals surface area contributed by atoms with Crippen molar-refractivity contribution in [3.63, 3.8) is 0 Å². The van der Waals surface area contributed by atoms with Gasteiger partial charge in [0.2, 0.25) is 0 Å². The minimum absolute atomic E-state index is 0.0716. The summed E-state index contributed by atoms with van der Waals surface area (Å²) < 4.78 is 16.9. The molecule has 0 aliphatic rings. The van der Waals surface area contributed by atoms with Gasteiger partial charge in [0.05, 0.1) is 0 Å². The Morgan fingerprint density at radius 1 is 0.299 bits per heavy atom. The van der Waals surface area contributed by atoms with Crippen molar-refractivity contribution >= 4 is 17.9 Å². The standard InChI is InChI=1S/C61H114O6/c1-4-7-10-13-16-19-22-24-26-27-28-29-30-31-32-33-35-36-39-42-45-48-51-54-60(63)66-57-58(56-65-59(62)53-50-47-44-41-38-21-18-15-12-9-6-3)67-61(64)55-52-49-46-43-40-37-34-25-23-20-17-14-11-8-5-2/h17,20,25,34,58H,4-16,18-19,21-24,26-33,35-57H2,1-3H3/b20-17-,34-25-. The lowest BCUT2D eigenvalue weighted by molar-refractivity contribution is -0.167. The van der Waals surface area contributed by atoms with Crippen molar-refractivity contribution in [2.45, 2.75) is 335 Å². The summed E-state index contributed by atoms with van der Waals surface area (Å²) in [5.74, 6) is -0.865. The average molecular weight is 944 g/mol. The van der Waals surface area contributed by atoms with Crippen molar-refractivity contribution < 1.29 is 28.6 Å². The molecule has 0 N–H and O–H groups in total. The number of hydrogen-bond acceptors (Lipinski definition) is 6. The van der Waals surface area contributed by atoms with Gasteiger partial charge in [0.25, 0.3) is 0 Å². The fourth-order valence-electron chi connectivity index (χ4n) is 8.95. The highest BCUT2D eigenvalue weighted by atomic mass is 16.6. The minimum atomic E-state index is -0.773. The number of hydrogen-bond donors (Lipinski definition) is 0. The van der Waals surface area contributed by atoms with E-state index < -0.39 is 6.10 Å². The van der Waals surface area contributed by atoms with E-state index >= 15 is 0 Å². The van der Waals surface area contributed by atoms with Crippen molar-refractivity contribution in [2.75, 3.05) is 13.2 Å². The Kier molecular flexibility index (Phi) is 54.7. The van der Waals surface area contributed by atoms with Gasteiger partial charge in [-0.15, -0.1) is 0 Å². The van der Waals surface area contributed by atoms with Gasteiger partial charge >= 0.3 is 17.9 Å². The summed E-state index contributed by atoms with van der Waals surface area (Å²) in [7, 11) is 0. The molecule has 67 heavy (non-hydrogen) atoms. The molecule has 0 radical (unpaired) electrons. The molecule has 0 bridgehead atoms. The Labute approximate surface area is 417 Å². The van der Waals surface area contributed by atoms with Crippen LogP contribution in [-0.4, -0.2) is 37.2 Å². The molecule has 0 aromatic carbocycles. The molecule has 0 saturated heterocycles. The minimum Gasteiger partial charge on any atom is -0.462 e. The van der Waals surface area contributed by atoms with Crippen molar-refractivity contribution in [3.05, 3.63) is 24.3 Å². The molecule has 0 amide bonds. The van der Waals surface area contributed by atoms with Crippen LogP contribution in [0.4, 0.5) is 0 Å². The number of allylic oxidation sites excluding steroid dienone is 4. The number of unbranched alkanes of at least 4 members (excludes halogenated alkanes) is 40. The summed E-state index contributed by atoms with van der Waals surface area (Å²) in [6.45, 7) is 6.65. The van der Waals surface area contributed by atoms with Crippen LogP contribution in [0.1, 0.15) is 329 Å². The fourth-order valence-corrected chi connectivity index (χ4v) is 8.95. The highest BCUT2D eigenvalue weighted by molar-refractivity contribution is 5.71. The third-order valence-electron chi connectivity index (χ3n) is 13.5. The van der Waals surface area contributed by atoms with E-state index in [1.807, 2.05) is 0 Å². The van der Waals surface area contributed by atoms with Crippen molar-refractivity contribution in [1.82, 2.24) is 0 Å². The third kappa shape index (κ3) is 54.7. The summed E-state index contributed by atoms with van der Waals surface area (Å²) in [6.07, 6.45) is 66.1. The molecule has 0 saturated carbocycles. The zero-order valence-corrected chi connectivity index (χ0v) is 45.2. The van der Waals surface area contributed by atoms with Crippen LogP contribution in [0.25, 0.3) is 0 Å². The van der Waals surface area contributed by atoms with Crippen LogP contribution < -0.4 is 0 Å². The predicted octanol–water partition coefficient (Wildman–Crippen LogP) is 19.9. The predicted molar refractivity (Wildman–Crippen MR) is 289 cm³/mol. The lowest BCUT2D eigenvalue weighted by Crippen LogP contribution is -2.30. The summed E-state index contributed by atoms with van der Waals surface area (Å²) in [4.78, 5) is 38.1. The van der Waals surface area contributed by atoms with E-state index in [2.05, 4.69) is 45.1 Å². The number of carbonyl (C=O) groups excluding carboxylic acids is 3. The molecule has 0 spiro atoms. The maximum Gasteiger partial charge on any atom is 0.306 e. The summed E-state index contributed by atoms with van der Waals surface area (Å²) in [6, 6.07) is 0. The fraction of sp³-hybridized carbons (Fsp3) is 0.885. The van der Waals surface area contributed by atoms with Gasteiger partial charge in [0.15, 0.2) is 6.10 Å². The quantitative estimate of drug-likeness (QED) is 0.0262. The van der Waals surface area contributed by atoms with Crippen LogP contribution in [0, 0.1) is 0 Å². The maximum absolute atomic E-state index is 12.8. The van der Waals surface area contributed by atoms with Gasteiger partial charge in [-0.3, -0.25) is 14.4 Å². The Morgan fingerprint density at radius 3 is 0.851 bits per heavy atom. The van der Waals surface area contributed by atoms with E-state index in [9.17, 15) is 14.4 Å². The van der Waals surface area contributed by atoms with Crippen LogP contribution in [0.2, 0.25) is 0 Å². The van der Waals surface area contributed by atoms with Gasteiger partial charge in [-0.25, -0.2) is 0 Å². The Bertz CT molecular complexity index is 1080. The van der Waals surface area contributed by atoms with Crippen LogP contribution in [0.15, 0.2) is 24.3 Å². The monoisotopic (exact) mass is 943 g/mol. The molecule has 0 aromatic heterocycles. The molecule has 6 heteroatoms. The van der Waals surface area contributed by atoms with E-state index in [-0.39, 0.29) is 31.1 Å². The topological polar surface area (TPSA) is 78.9 Å². The Hall–Kier alpha value is -2.11. The van der Waals surface area contributed by atoms with E-state index in [0.717, 1.165) is 77.0 Å². The molecule has 0 rings (SSSR count). The van der Waals surface area contributed by atoms with Gasteiger partial charge in [-0.1, -0.05) is 283 Å². The molecule has 0 aliphatic carbocycles. The molecule has 0 aromatic rings. The second kappa shape index (κ2) is 56.5. The van der Waals surface area contributed by atoms with Gasteiger partial charge in [0, 0.05) is 19.3 Å². The lowest BCUT2D eigenvalue weighted by Gasteiger charge is -2.18. The normalized spacial score (nSPS) is 12.1. The van der Waals surface area contributed by atoms with Crippen molar-refractivity contribution in [2.24, 2.45) is 0 Å². The Morgan fingerprint density at radius 2 is 0.537 bits per heavy atom. The molecular weight excluding hydrogens is 829 g/mol. The first kappa shape index (κ1) is 64.9. The van der Waals surface area contributed by atoms with Crippen LogP contribution in [-0.2, 0) is 28.6 Å². The molecule has 0 aliphatic heterocycles. The number of esters is 3. The summed E-state index contributed by atoms with van der Waals surface area (Å²) in [5.41, 5.74) is 0. The van der Waals surface area contributed by atoms with E-state index in [0.29, 0.717) is 19.3 Å². The lowest BCUT2D eigenvalue weighted by atomic mass is 10.0. The largest absolute Gasteiger partial charge is 0.462 e. The first-order valence-electron chi connectivity index (χ1n) is 29.8. The number of ether oxygens (including phenoxy) is 3. The van der Waals surface area contributed by atoms with Crippen molar-refractivity contribution in [1.29, 1.82) is 0 Å². The van der Waals surface area contributed by atoms with E-state index in [1.165, 1.54) is 212 Å². The molecule has 0 fully saturated rings. The van der Waals surface area contributed by atoms with Crippen LogP contribution in [0.3, 0.4) is 0 Å². The number of rotatable bonds is 55. The zero-order chi connectivity index (χ0) is 48.6. The van der Waals surface area contributed by atoms with Crippen molar-refractivity contribution in [3.8, 4) is 0 Å². The van der Waals surface area contributed by atoms with Crippen LogP contribution >= 0.6 is 0 Å². The first-order valence-corrected chi connectivity index (χ1v) is 29.8. The molecule has 0 heterocycles. The second-order valence-corrected chi connectivity index (χ2v) is 20.3. The SMILES string of the molecule is CCCCC/C=C\C/C=C\CCCCCCCC(=O)OC(COC(=O)CCCCCCCCCCCCC)COC(=O)CCCCCCCCCCCCCCCCCCCCCCCCC. The molecular formula is C61H114O6. The van der Waals surface area contributed by atoms with E-state index in [4.69, 9.17) is 14.2 Å². The van der Waals surface area contributed by atoms with Gasteiger partial charge in [-0.2, -0.15) is 0 Å². The van der Waals surface area contributed by atoms with Gasteiger partial charge in [0.1, 0.15) is 13.2 Å². The maximum atomic E-state index is 12.8. The van der Waals surface area contributed by atoms with Gasteiger partial charge < -0.3 is 14.2 Å². The molecule has 1 unspecified atom stereocenters. The highest BCUT2D eigenvalue weighted by Gasteiger charge is 2.19. The smallest absolute Gasteiger partial charge is 0.306 e. The summed E-state index contributed by atoms with van der Waals surface area (Å²) >= 11 is 0. The molecule has 6 nitrogen and oxygen atoms in total. The average Bonchev–Trinajstić information content (AvgIpc) is 3.33. The number of carbonyl (C=O) groups is 3. The molecule has 1 atom stereocenters. The highest BCUT2D eigenvalue weighted by Crippen LogP contribution is 2.17. The van der Waals surface area contributed by atoms with E-state index in [1.54, 1.807) is 0 Å². The first-order chi connectivity index (χ1) is 33.0. The Balaban J connectivity index is 4.22. The zero-order valence-electron chi connectivity index (χ0n) is 45.2. The summed E-state index contributed by atoms with van der Waals surface area (Å²) in [5, 5.41) is 0. The third-order valence-corrected chi connectivity index (χ3v) is 13.5. The van der Waals surface area contributed by atoms with Gasteiger partial charge in [-0.05, 0) is 51.4 Å². The van der Waals surface area contributed by atoms with Crippen LogP contribution in [0.5, 0.6) is 0 Å².